The summed E-state index contributed by atoms with van der Waals surface area (Å²) >= 11 is 0. The van der Waals surface area contributed by atoms with Crippen molar-refractivity contribution in [3.05, 3.63) is 22.9 Å². The highest BCUT2D eigenvalue weighted by atomic mass is 16.5. The van der Waals surface area contributed by atoms with Crippen molar-refractivity contribution in [2.45, 2.75) is 26.3 Å². The third-order valence-electron chi connectivity index (χ3n) is 5.22. The zero-order valence-electron chi connectivity index (χ0n) is 17.4. The highest BCUT2D eigenvalue weighted by Gasteiger charge is 2.30. The van der Waals surface area contributed by atoms with Crippen molar-refractivity contribution in [3.8, 4) is 0 Å². The van der Waals surface area contributed by atoms with Crippen molar-refractivity contribution in [2.75, 3.05) is 33.3 Å². The lowest BCUT2D eigenvalue weighted by molar-refractivity contribution is -0.152. The van der Waals surface area contributed by atoms with Gasteiger partial charge in [-0.15, -0.1) is 0 Å². The highest BCUT2D eigenvalue weighted by molar-refractivity contribution is 5.85. The fourth-order valence-electron chi connectivity index (χ4n) is 3.49. The van der Waals surface area contributed by atoms with Gasteiger partial charge < -0.3 is 14.5 Å². The van der Waals surface area contributed by atoms with E-state index in [2.05, 4.69) is 10.1 Å². The second kappa shape index (κ2) is 9.06. The van der Waals surface area contributed by atoms with Crippen LogP contribution in [0.25, 0.3) is 11.0 Å². The fraction of sp³-hybridized carbons (Fsp3) is 0.579. The SMILES string of the molecule is CCOC(=O)C1CCCN(C(=O)CN(C)C(=O)Cn2cnc3c(cnn3C)c2=O)C1. The molecule has 3 heterocycles. The van der Waals surface area contributed by atoms with Crippen LogP contribution in [-0.2, 0) is 32.7 Å². The Labute approximate surface area is 173 Å². The molecule has 1 atom stereocenters. The number of nitrogens with zero attached hydrogens (tertiary/aromatic N) is 6. The van der Waals surface area contributed by atoms with Crippen molar-refractivity contribution >= 4 is 28.8 Å². The van der Waals surface area contributed by atoms with Crippen LogP contribution in [0.1, 0.15) is 19.8 Å². The molecule has 1 saturated heterocycles. The number of esters is 1. The third-order valence-corrected chi connectivity index (χ3v) is 5.22. The number of carbonyl (C=O) groups excluding carboxylic acids is 3. The molecule has 0 aromatic carbocycles. The van der Waals surface area contributed by atoms with Crippen LogP contribution in [0.3, 0.4) is 0 Å². The summed E-state index contributed by atoms with van der Waals surface area (Å²) < 4.78 is 7.73. The largest absolute Gasteiger partial charge is 0.466 e. The van der Waals surface area contributed by atoms with Gasteiger partial charge in [0.1, 0.15) is 18.3 Å². The van der Waals surface area contributed by atoms with Gasteiger partial charge in [-0.2, -0.15) is 5.10 Å². The van der Waals surface area contributed by atoms with Crippen molar-refractivity contribution in [1.82, 2.24) is 29.1 Å². The molecule has 1 aliphatic heterocycles. The number of piperidine rings is 1. The highest BCUT2D eigenvalue weighted by Crippen LogP contribution is 2.18. The number of rotatable bonds is 6. The molecule has 2 aromatic heterocycles. The van der Waals surface area contributed by atoms with Crippen molar-refractivity contribution < 1.29 is 19.1 Å². The Balaban J connectivity index is 1.60. The summed E-state index contributed by atoms with van der Waals surface area (Å²) in [6, 6.07) is 0. The summed E-state index contributed by atoms with van der Waals surface area (Å²) in [6.45, 7) is 2.52. The van der Waals surface area contributed by atoms with E-state index in [4.69, 9.17) is 4.74 Å². The third kappa shape index (κ3) is 4.50. The molecule has 0 saturated carbocycles. The van der Waals surface area contributed by atoms with E-state index in [1.54, 1.807) is 18.9 Å². The first-order valence-corrected chi connectivity index (χ1v) is 9.87. The van der Waals surface area contributed by atoms with E-state index in [0.717, 1.165) is 0 Å². The molecule has 1 fully saturated rings. The molecule has 3 rings (SSSR count). The molecule has 30 heavy (non-hydrogen) atoms. The molecule has 11 heteroatoms. The Kier molecular flexibility index (Phi) is 6.48. The maximum Gasteiger partial charge on any atom is 0.310 e. The van der Waals surface area contributed by atoms with Gasteiger partial charge in [0.25, 0.3) is 5.56 Å². The van der Waals surface area contributed by atoms with Gasteiger partial charge in [0, 0.05) is 27.2 Å². The molecule has 11 nitrogen and oxygen atoms in total. The van der Waals surface area contributed by atoms with E-state index in [1.165, 1.54) is 33.7 Å². The van der Waals surface area contributed by atoms with Gasteiger partial charge in [-0.25, -0.2) is 4.98 Å². The van der Waals surface area contributed by atoms with Crippen LogP contribution in [0.4, 0.5) is 0 Å². The molecule has 2 aromatic rings. The van der Waals surface area contributed by atoms with Gasteiger partial charge in [0.2, 0.25) is 11.8 Å². The first kappa shape index (κ1) is 21.5. The quantitative estimate of drug-likeness (QED) is 0.574. The smallest absolute Gasteiger partial charge is 0.310 e. The zero-order valence-corrected chi connectivity index (χ0v) is 17.4. The molecular weight excluding hydrogens is 392 g/mol. The van der Waals surface area contributed by atoms with Crippen LogP contribution < -0.4 is 5.56 Å². The Hall–Kier alpha value is -3.24. The molecule has 0 radical (unpaired) electrons. The van der Waals surface area contributed by atoms with Gasteiger partial charge >= 0.3 is 5.97 Å². The first-order valence-electron chi connectivity index (χ1n) is 9.87. The molecule has 0 bridgehead atoms. The van der Waals surface area contributed by atoms with Crippen LogP contribution in [0.5, 0.6) is 0 Å². The number of likely N-dealkylation sites (N-methyl/N-ethyl adjacent to an activating group) is 1. The number of carbonyl (C=O) groups is 3. The molecule has 2 amide bonds. The number of hydrogen-bond acceptors (Lipinski definition) is 7. The predicted octanol–water partition coefficient (Wildman–Crippen LogP) is -0.610. The van der Waals surface area contributed by atoms with E-state index in [-0.39, 0.29) is 36.4 Å². The maximum absolute atomic E-state index is 12.6. The summed E-state index contributed by atoms with van der Waals surface area (Å²) in [7, 11) is 3.19. The molecular formula is C19H26N6O5. The Bertz CT molecular complexity index is 1010. The Morgan fingerprint density at radius 3 is 2.83 bits per heavy atom. The minimum absolute atomic E-state index is 0.133. The van der Waals surface area contributed by atoms with Crippen molar-refractivity contribution in [1.29, 1.82) is 0 Å². The van der Waals surface area contributed by atoms with Crippen LogP contribution in [0.2, 0.25) is 0 Å². The minimum atomic E-state index is -0.394. The van der Waals surface area contributed by atoms with E-state index in [1.807, 2.05) is 0 Å². The molecule has 1 aliphatic rings. The van der Waals surface area contributed by atoms with Gasteiger partial charge in [0.05, 0.1) is 25.3 Å². The summed E-state index contributed by atoms with van der Waals surface area (Å²) in [5, 5.41) is 4.32. The predicted molar refractivity (Wildman–Crippen MR) is 106 cm³/mol. The van der Waals surface area contributed by atoms with E-state index in [9.17, 15) is 19.2 Å². The van der Waals surface area contributed by atoms with Crippen LogP contribution in [0.15, 0.2) is 17.3 Å². The Morgan fingerprint density at radius 2 is 2.10 bits per heavy atom. The molecule has 0 N–H and O–H groups in total. The molecule has 162 valence electrons. The number of ether oxygens (including phenoxy) is 1. The maximum atomic E-state index is 12.6. The second-order valence-corrected chi connectivity index (χ2v) is 7.36. The van der Waals surface area contributed by atoms with Crippen LogP contribution >= 0.6 is 0 Å². The topological polar surface area (TPSA) is 120 Å². The monoisotopic (exact) mass is 418 g/mol. The average Bonchev–Trinajstić information content (AvgIpc) is 3.11. The summed E-state index contributed by atoms with van der Waals surface area (Å²) in [5.74, 6) is -1.26. The number of amides is 2. The van der Waals surface area contributed by atoms with Crippen LogP contribution in [-0.4, -0.2) is 80.2 Å². The molecule has 1 unspecified atom stereocenters. The normalized spacial score (nSPS) is 16.5. The molecule has 0 spiro atoms. The first-order chi connectivity index (χ1) is 14.3. The van der Waals surface area contributed by atoms with Crippen LogP contribution in [0, 0.1) is 5.92 Å². The lowest BCUT2D eigenvalue weighted by Gasteiger charge is -2.32. The summed E-state index contributed by atoms with van der Waals surface area (Å²) in [6.07, 6.45) is 4.10. The van der Waals surface area contributed by atoms with E-state index in [0.29, 0.717) is 43.6 Å². The standard InChI is InChI=1S/C19H26N6O5/c1-4-30-19(29)13-6-5-7-24(9-13)16(27)10-22(2)15(26)11-25-12-20-17-14(18(25)28)8-21-23(17)3/h8,12-13H,4-7,9-11H2,1-3H3. The van der Waals surface area contributed by atoms with E-state index < -0.39 is 5.91 Å². The number of aryl methyl sites for hydroxylation is 1. The lowest BCUT2D eigenvalue weighted by Crippen LogP contribution is -2.47. The summed E-state index contributed by atoms with van der Waals surface area (Å²) in [5.41, 5.74) is 0.0722. The fourth-order valence-corrected chi connectivity index (χ4v) is 3.49. The molecule has 0 aliphatic carbocycles. The Morgan fingerprint density at radius 1 is 1.33 bits per heavy atom. The van der Waals surface area contributed by atoms with Gasteiger partial charge in [-0.05, 0) is 19.8 Å². The van der Waals surface area contributed by atoms with Gasteiger partial charge in [0.15, 0.2) is 5.65 Å². The average molecular weight is 418 g/mol. The van der Waals surface area contributed by atoms with Gasteiger partial charge in [-0.3, -0.25) is 28.4 Å². The zero-order chi connectivity index (χ0) is 21.8. The van der Waals surface area contributed by atoms with Crippen molar-refractivity contribution in [3.63, 3.8) is 0 Å². The lowest BCUT2D eigenvalue weighted by atomic mass is 9.98. The number of fused-ring (bicyclic) bond motifs is 1. The minimum Gasteiger partial charge on any atom is -0.466 e. The number of aromatic nitrogens is 4. The van der Waals surface area contributed by atoms with Gasteiger partial charge in [-0.1, -0.05) is 0 Å². The number of likely N-dealkylation sites (tertiary alicyclic amines) is 1. The summed E-state index contributed by atoms with van der Waals surface area (Å²) in [4.78, 5) is 56.7. The second-order valence-electron chi connectivity index (χ2n) is 7.36. The van der Waals surface area contributed by atoms with Crippen molar-refractivity contribution in [2.24, 2.45) is 13.0 Å². The number of hydrogen-bond donors (Lipinski definition) is 0. The van der Waals surface area contributed by atoms with E-state index >= 15 is 0 Å².